The SMILES string of the molecule is CC(C)NS(=O)(=O)c1ccc(F)c(C(=O)NCCCn2cccn2)c1. The van der Waals surface area contributed by atoms with Crippen molar-refractivity contribution in [3.8, 4) is 0 Å². The number of benzene rings is 1. The largest absolute Gasteiger partial charge is 0.352 e. The van der Waals surface area contributed by atoms with Gasteiger partial charge in [0.2, 0.25) is 10.0 Å². The lowest BCUT2D eigenvalue weighted by Gasteiger charge is -2.11. The molecule has 2 N–H and O–H groups in total. The standard InChI is InChI=1S/C16H21FN4O3S/c1-12(2)20-25(23,24)13-5-6-15(17)14(11-13)16(22)18-7-3-9-21-10-4-8-19-21/h4-6,8,10-12,20H,3,7,9H2,1-2H3,(H,18,22). The molecule has 0 saturated carbocycles. The van der Waals surface area contributed by atoms with Crippen LogP contribution in [0.2, 0.25) is 0 Å². The van der Waals surface area contributed by atoms with E-state index in [9.17, 15) is 17.6 Å². The van der Waals surface area contributed by atoms with Crippen LogP contribution >= 0.6 is 0 Å². The molecule has 2 rings (SSSR count). The maximum atomic E-state index is 13.9. The summed E-state index contributed by atoms with van der Waals surface area (Å²) in [5.41, 5.74) is -0.300. The predicted octanol–water partition coefficient (Wildman–Crippen LogP) is 1.53. The van der Waals surface area contributed by atoms with Crippen molar-refractivity contribution in [1.82, 2.24) is 19.8 Å². The number of hydrogen-bond acceptors (Lipinski definition) is 4. The van der Waals surface area contributed by atoms with Crippen LogP contribution in [-0.2, 0) is 16.6 Å². The van der Waals surface area contributed by atoms with Gasteiger partial charge in [-0.2, -0.15) is 5.10 Å². The fourth-order valence-corrected chi connectivity index (χ4v) is 3.47. The van der Waals surface area contributed by atoms with Gasteiger partial charge in [-0.15, -0.1) is 0 Å². The van der Waals surface area contributed by atoms with E-state index >= 15 is 0 Å². The summed E-state index contributed by atoms with van der Waals surface area (Å²) in [5, 5.41) is 6.62. The van der Waals surface area contributed by atoms with Gasteiger partial charge in [0, 0.05) is 31.5 Å². The molecule has 1 aromatic carbocycles. The molecule has 7 nitrogen and oxygen atoms in total. The third-order valence-electron chi connectivity index (χ3n) is 3.29. The number of aromatic nitrogens is 2. The van der Waals surface area contributed by atoms with Crippen molar-refractivity contribution in [2.45, 2.75) is 37.8 Å². The molecule has 0 aliphatic rings. The van der Waals surface area contributed by atoms with Crippen molar-refractivity contribution in [3.63, 3.8) is 0 Å². The van der Waals surface area contributed by atoms with Gasteiger partial charge in [0.1, 0.15) is 5.82 Å². The number of rotatable bonds is 8. The Morgan fingerprint density at radius 2 is 2.12 bits per heavy atom. The summed E-state index contributed by atoms with van der Waals surface area (Å²) < 4.78 is 42.3. The predicted molar refractivity (Wildman–Crippen MR) is 91.0 cm³/mol. The molecule has 0 spiro atoms. The van der Waals surface area contributed by atoms with Crippen LogP contribution in [-0.4, -0.2) is 36.7 Å². The number of nitrogens with zero attached hydrogens (tertiary/aromatic N) is 2. The van der Waals surface area contributed by atoms with Crippen molar-refractivity contribution in [3.05, 3.63) is 48.0 Å². The van der Waals surface area contributed by atoms with Crippen LogP contribution in [0.4, 0.5) is 4.39 Å². The van der Waals surface area contributed by atoms with Crippen molar-refractivity contribution in [2.75, 3.05) is 6.54 Å². The summed E-state index contributed by atoms with van der Waals surface area (Å²) in [4.78, 5) is 12.0. The summed E-state index contributed by atoms with van der Waals surface area (Å²) in [6.45, 7) is 4.28. The summed E-state index contributed by atoms with van der Waals surface area (Å²) in [7, 11) is -3.80. The zero-order valence-corrected chi connectivity index (χ0v) is 14.9. The highest BCUT2D eigenvalue weighted by Crippen LogP contribution is 2.15. The zero-order chi connectivity index (χ0) is 18.4. The van der Waals surface area contributed by atoms with E-state index in [-0.39, 0.29) is 16.5 Å². The summed E-state index contributed by atoms with van der Waals surface area (Å²) in [5.74, 6) is -1.42. The lowest BCUT2D eigenvalue weighted by atomic mass is 10.2. The monoisotopic (exact) mass is 368 g/mol. The van der Waals surface area contributed by atoms with E-state index in [4.69, 9.17) is 0 Å². The third kappa shape index (κ3) is 5.36. The molecule has 0 fully saturated rings. The Labute approximate surface area is 146 Å². The number of amides is 1. The zero-order valence-electron chi connectivity index (χ0n) is 14.1. The van der Waals surface area contributed by atoms with Gasteiger partial charge < -0.3 is 5.32 Å². The molecule has 0 aliphatic heterocycles. The minimum atomic E-state index is -3.80. The van der Waals surface area contributed by atoms with Crippen molar-refractivity contribution in [1.29, 1.82) is 0 Å². The van der Waals surface area contributed by atoms with Crippen LogP contribution in [0.5, 0.6) is 0 Å². The molecule has 0 atom stereocenters. The molecule has 2 aromatic rings. The molecule has 1 aromatic heterocycles. The molecule has 0 unspecified atom stereocenters. The van der Waals surface area contributed by atoms with Crippen LogP contribution in [0.25, 0.3) is 0 Å². The Hall–Kier alpha value is -2.26. The molecule has 0 aliphatic carbocycles. The quantitative estimate of drug-likeness (QED) is 0.691. The molecular formula is C16H21FN4O3S. The lowest BCUT2D eigenvalue weighted by Crippen LogP contribution is -2.31. The normalized spacial score (nSPS) is 11.7. The van der Waals surface area contributed by atoms with Gasteiger partial charge >= 0.3 is 0 Å². The first kappa shape index (κ1) is 19.1. The summed E-state index contributed by atoms with van der Waals surface area (Å²) in [6, 6.07) is 4.64. The molecule has 1 amide bonds. The van der Waals surface area contributed by atoms with Crippen LogP contribution in [0, 0.1) is 5.82 Å². The van der Waals surface area contributed by atoms with Crippen LogP contribution in [0.3, 0.4) is 0 Å². The molecular weight excluding hydrogens is 347 g/mol. The number of carbonyl (C=O) groups excluding carboxylic acids is 1. The van der Waals surface area contributed by atoms with Gasteiger partial charge in [-0.3, -0.25) is 9.48 Å². The number of carbonyl (C=O) groups is 1. The van der Waals surface area contributed by atoms with Gasteiger partial charge in [-0.05, 0) is 44.5 Å². The van der Waals surface area contributed by atoms with Gasteiger partial charge in [0.25, 0.3) is 5.91 Å². The molecule has 9 heteroatoms. The number of aryl methyl sites for hydroxylation is 1. The average molecular weight is 368 g/mol. The second-order valence-corrected chi connectivity index (χ2v) is 7.51. The van der Waals surface area contributed by atoms with Crippen LogP contribution < -0.4 is 10.0 Å². The fraction of sp³-hybridized carbons (Fsp3) is 0.375. The number of halogens is 1. The van der Waals surface area contributed by atoms with Gasteiger partial charge in [0.05, 0.1) is 10.5 Å². The van der Waals surface area contributed by atoms with Crippen molar-refractivity contribution in [2.24, 2.45) is 0 Å². The average Bonchev–Trinajstić information content (AvgIpc) is 3.03. The van der Waals surface area contributed by atoms with E-state index in [0.717, 1.165) is 18.2 Å². The topological polar surface area (TPSA) is 93.1 Å². The highest BCUT2D eigenvalue weighted by Gasteiger charge is 2.20. The summed E-state index contributed by atoms with van der Waals surface area (Å²) >= 11 is 0. The Morgan fingerprint density at radius 1 is 1.36 bits per heavy atom. The Morgan fingerprint density at radius 3 is 2.76 bits per heavy atom. The van der Waals surface area contributed by atoms with E-state index in [1.165, 1.54) is 0 Å². The van der Waals surface area contributed by atoms with Crippen LogP contribution in [0.15, 0.2) is 41.6 Å². The number of sulfonamides is 1. The van der Waals surface area contributed by atoms with Gasteiger partial charge in [-0.25, -0.2) is 17.5 Å². The number of hydrogen-bond donors (Lipinski definition) is 2. The molecule has 25 heavy (non-hydrogen) atoms. The highest BCUT2D eigenvalue weighted by atomic mass is 32.2. The molecule has 0 bridgehead atoms. The second-order valence-electron chi connectivity index (χ2n) is 5.80. The Bertz CT molecular complexity index is 820. The highest BCUT2D eigenvalue weighted by molar-refractivity contribution is 7.89. The first-order chi connectivity index (χ1) is 11.8. The molecule has 0 saturated heterocycles. The molecule has 1 heterocycles. The maximum absolute atomic E-state index is 13.9. The smallest absolute Gasteiger partial charge is 0.254 e. The second kappa shape index (κ2) is 8.21. The third-order valence-corrected chi connectivity index (χ3v) is 4.95. The van der Waals surface area contributed by atoms with E-state index in [1.54, 1.807) is 37.0 Å². The van der Waals surface area contributed by atoms with Crippen molar-refractivity contribution >= 4 is 15.9 Å². The van der Waals surface area contributed by atoms with E-state index in [1.807, 2.05) is 0 Å². The van der Waals surface area contributed by atoms with E-state index in [2.05, 4.69) is 15.1 Å². The molecule has 0 radical (unpaired) electrons. The first-order valence-corrected chi connectivity index (χ1v) is 9.35. The summed E-state index contributed by atoms with van der Waals surface area (Å²) in [6.07, 6.45) is 4.07. The Balaban J connectivity index is 2.02. The van der Waals surface area contributed by atoms with Gasteiger partial charge in [0.15, 0.2) is 0 Å². The molecule has 136 valence electrons. The van der Waals surface area contributed by atoms with Gasteiger partial charge in [-0.1, -0.05) is 0 Å². The van der Waals surface area contributed by atoms with E-state index in [0.29, 0.717) is 19.5 Å². The van der Waals surface area contributed by atoms with Crippen molar-refractivity contribution < 1.29 is 17.6 Å². The van der Waals surface area contributed by atoms with Crippen LogP contribution in [0.1, 0.15) is 30.6 Å². The minimum absolute atomic E-state index is 0.149. The lowest BCUT2D eigenvalue weighted by molar-refractivity contribution is 0.0948. The van der Waals surface area contributed by atoms with E-state index < -0.39 is 21.7 Å². The fourth-order valence-electron chi connectivity index (χ4n) is 2.19. The Kier molecular flexibility index (Phi) is 6.27. The number of nitrogens with one attached hydrogen (secondary N) is 2. The first-order valence-electron chi connectivity index (χ1n) is 7.87. The minimum Gasteiger partial charge on any atom is -0.352 e. The maximum Gasteiger partial charge on any atom is 0.254 e.